The van der Waals surface area contributed by atoms with Crippen LogP contribution in [-0.4, -0.2) is 28.1 Å². The lowest BCUT2D eigenvalue weighted by atomic mass is 9.64. The van der Waals surface area contributed by atoms with Gasteiger partial charge in [-0.1, -0.05) is 37.6 Å². The Morgan fingerprint density at radius 3 is 2.57 bits per heavy atom. The number of fused-ring (bicyclic) bond motifs is 3. The van der Waals surface area contributed by atoms with E-state index in [9.17, 15) is 5.11 Å². The van der Waals surface area contributed by atoms with Crippen molar-refractivity contribution in [3.05, 3.63) is 65.7 Å². The van der Waals surface area contributed by atoms with Gasteiger partial charge in [-0.25, -0.2) is 0 Å². The molecule has 5 rings (SSSR count). The molecule has 28 heavy (non-hydrogen) atoms. The topological polar surface area (TPSA) is 49.5 Å². The molecule has 2 aromatic heterocycles. The van der Waals surface area contributed by atoms with E-state index in [4.69, 9.17) is 4.42 Å². The maximum Gasteiger partial charge on any atom is 0.134 e. The molecule has 4 nitrogen and oxygen atoms in total. The van der Waals surface area contributed by atoms with E-state index in [1.807, 2.05) is 24.3 Å². The van der Waals surface area contributed by atoms with Crippen molar-refractivity contribution in [2.75, 3.05) is 13.1 Å². The molecule has 2 fully saturated rings. The van der Waals surface area contributed by atoms with Gasteiger partial charge in [-0.05, 0) is 31.0 Å². The SMILES string of the molecule is CCc1oc2ccccc2c1CN1C[C@@H]2CCC[C@@H](C1)C2(O)c1ccccn1. The van der Waals surface area contributed by atoms with E-state index in [1.54, 1.807) is 6.20 Å². The fraction of sp³-hybridized carbons (Fsp3) is 0.458. The molecule has 0 radical (unpaired) electrons. The van der Waals surface area contributed by atoms with Crippen molar-refractivity contribution < 1.29 is 9.52 Å². The first-order chi connectivity index (χ1) is 13.7. The largest absolute Gasteiger partial charge is 0.461 e. The first-order valence-corrected chi connectivity index (χ1v) is 10.6. The molecule has 2 aliphatic rings. The highest BCUT2D eigenvalue weighted by Crippen LogP contribution is 2.49. The average molecular weight is 376 g/mol. The zero-order valence-electron chi connectivity index (χ0n) is 16.5. The van der Waals surface area contributed by atoms with Gasteiger partial charge in [-0.2, -0.15) is 0 Å². The third-order valence-corrected chi connectivity index (χ3v) is 6.87. The van der Waals surface area contributed by atoms with Crippen molar-refractivity contribution in [2.24, 2.45) is 11.8 Å². The lowest BCUT2D eigenvalue weighted by Gasteiger charge is -2.52. The van der Waals surface area contributed by atoms with Gasteiger partial charge >= 0.3 is 0 Å². The summed E-state index contributed by atoms with van der Waals surface area (Å²) in [4.78, 5) is 7.07. The van der Waals surface area contributed by atoms with E-state index in [-0.39, 0.29) is 11.8 Å². The lowest BCUT2D eigenvalue weighted by Crippen LogP contribution is -2.58. The van der Waals surface area contributed by atoms with E-state index in [1.165, 1.54) is 17.4 Å². The summed E-state index contributed by atoms with van der Waals surface area (Å²) in [6.45, 7) is 4.87. The second kappa shape index (κ2) is 7.02. The third-order valence-electron chi connectivity index (χ3n) is 6.87. The van der Waals surface area contributed by atoms with Crippen LogP contribution in [0.15, 0.2) is 53.1 Å². The number of likely N-dealkylation sites (tertiary alicyclic amines) is 1. The van der Waals surface area contributed by atoms with E-state index in [0.717, 1.165) is 55.9 Å². The molecule has 4 heteroatoms. The molecule has 1 aliphatic heterocycles. The number of hydrogen-bond acceptors (Lipinski definition) is 4. The van der Waals surface area contributed by atoms with Gasteiger partial charge in [-0.15, -0.1) is 0 Å². The van der Waals surface area contributed by atoms with Crippen LogP contribution in [0.5, 0.6) is 0 Å². The van der Waals surface area contributed by atoms with Crippen molar-refractivity contribution in [1.82, 2.24) is 9.88 Å². The molecule has 1 saturated heterocycles. The van der Waals surface area contributed by atoms with E-state index in [2.05, 4.69) is 35.0 Å². The molecule has 1 saturated carbocycles. The third kappa shape index (κ3) is 2.78. The summed E-state index contributed by atoms with van der Waals surface area (Å²) >= 11 is 0. The minimum absolute atomic E-state index is 0.234. The minimum Gasteiger partial charge on any atom is -0.461 e. The molecule has 3 aromatic rings. The second-order valence-corrected chi connectivity index (χ2v) is 8.41. The number of pyridine rings is 1. The van der Waals surface area contributed by atoms with Crippen LogP contribution in [0.3, 0.4) is 0 Å². The summed E-state index contributed by atoms with van der Waals surface area (Å²) in [6, 6.07) is 14.3. The highest BCUT2D eigenvalue weighted by atomic mass is 16.3. The van der Waals surface area contributed by atoms with Crippen LogP contribution in [0.2, 0.25) is 0 Å². The molecule has 2 atom stereocenters. The van der Waals surface area contributed by atoms with Gasteiger partial charge < -0.3 is 9.52 Å². The monoisotopic (exact) mass is 376 g/mol. The molecule has 0 unspecified atom stereocenters. The minimum atomic E-state index is -0.790. The van der Waals surface area contributed by atoms with Crippen molar-refractivity contribution in [2.45, 2.75) is 44.8 Å². The molecule has 0 amide bonds. The molecule has 3 heterocycles. The molecular weight excluding hydrogens is 348 g/mol. The predicted octanol–water partition coefficient (Wildman–Crippen LogP) is 4.51. The van der Waals surface area contributed by atoms with Crippen LogP contribution in [0, 0.1) is 11.8 Å². The summed E-state index contributed by atoms with van der Waals surface area (Å²) in [6.07, 6.45) is 6.04. The maximum absolute atomic E-state index is 11.7. The Morgan fingerprint density at radius 1 is 1.11 bits per heavy atom. The lowest BCUT2D eigenvalue weighted by molar-refractivity contribution is -0.151. The predicted molar refractivity (Wildman–Crippen MR) is 110 cm³/mol. The molecular formula is C24H28N2O2. The number of benzene rings is 1. The molecule has 1 aromatic carbocycles. The Hall–Kier alpha value is -2.17. The van der Waals surface area contributed by atoms with Crippen LogP contribution in [-0.2, 0) is 18.6 Å². The average Bonchev–Trinajstić information content (AvgIpc) is 3.07. The standard InChI is InChI=1S/C24H28N2O2/c1-2-21-20(19-10-3-4-11-22(19)28-21)16-26-14-17-8-7-9-18(15-26)24(17,27)23-12-5-6-13-25-23/h3-6,10-13,17-18,27H,2,7-9,14-16H2,1H3/t17-,18-/m0/s1. The molecule has 0 spiro atoms. The number of aryl methyl sites for hydroxylation is 1. The fourth-order valence-electron chi connectivity index (χ4n) is 5.52. The number of para-hydroxylation sites is 1. The van der Waals surface area contributed by atoms with Crippen molar-refractivity contribution in [3.63, 3.8) is 0 Å². The number of nitrogens with zero attached hydrogens (tertiary/aromatic N) is 2. The number of hydrogen-bond donors (Lipinski definition) is 1. The Labute approximate surface area is 166 Å². The summed E-state index contributed by atoms with van der Waals surface area (Å²) in [5, 5.41) is 13.0. The fourth-order valence-corrected chi connectivity index (χ4v) is 5.52. The van der Waals surface area contributed by atoms with Crippen LogP contribution in [0.25, 0.3) is 11.0 Å². The number of rotatable bonds is 4. The Bertz CT molecular complexity index is 951. The van der Waals surface area contributed by atoms with Gasteiger partial charge in [0.1, 0.15) is 16.9 Å². The first-order valence-electron chi connectivity index (χ1n) is 10.6. The maximum atomic E-state index is 11.7. The van der Waals surface area contributed by atoms with Gasteiger partial charge in [0.2, 0.25) is 0 Å². The zero-order valence-corrected chi connectivity index (χ0v) is 16.5. The summed E-state index contributed by atoms with van der Waals surface area (Å²) < 4.78 is 6.11. The van der Waals surface area contributed by atoms with Gasteiger partial charge in [0, 0.05) is 55.0 Å². The summed E-state index contributed by atoms with van der Waals surface area (Å²) in [5.41, 5.74) is 2.37. The summed E-state index contributed by atoms with van der Waals surface area (Å²) in [7, 11) is 0. The Morgan fingerprint density at radius 2 is 1.86 bits per heavy atom. The van der Waals surface area contributed by atoms with E-state index in [0.29, 0.717) is 0 Å². The molecule has 2 bridgehead atoms. The van der Waals surface area contributed by atoms with Gasteiger partial charge in [-0.3, -0.25) is 9.88 Å². The van der Waals surface area contributed by atoms with E-state index < -0.39 is 5.60 Å². The molecule has 1 N–H and O–H groups in total. The van der Waals surface area contributed by atoms with Crippen LogP contribution >= 0.6 is 0 Å². The van der Waals surface area contributed by atoms with Crippen LogP contribution in [0.4, 0.5) is 0 Å². The Kier molecular flexibility index (Phi) is 4.48. The molecule has 146 valence electrons. The van der Waals surface area contributed by atoms with Gasteiger partial charge in [0.15, 0.2) is 0 Å². The van der Waals surface area contributed by atoms with Crippen LogP contribution in [0.1, 0.15) is 43.2 Å². The quantitative estimate of drug-likeness (QED) is 0.728. The normalized spacial score (nSPS) is 27.9. The number of piperidine rings is 1. The van der Waals surface area contributed by atoms with Crippen molar-refractivity contribution in [3.8, 4) is 0 Å². The van der Waals surface area contributed by atoms with Gasteiger partial charge in [0.05, 0.1) is 5.69 Å². The van der Waals surface area contributed by atoms with E-state index >= 15 is 0 Å². The van der Waals surface area contributed by atoms with Crippen molar-refractivity contribution >= 4 is 11.0 Å². The summed E-state index contributed by atoms with van der Waals surface area (Å²) in [5.74, 6) is 1.56. The number of aliphatic hydroxyl groups is 1. The number of furan rings is 1. The smallest absolute Gasteiger partial charge is 0.134 e. The van der Waals surface area contributed by atoms with Crippen LogP contribution < -0.4 is 0 Å². The molecule has 1 aliphatic carbocycles. The number of aromatic nitrogens is 1. The highest BCUT2D eigenvalue weighted by Gasteiger charge is 2.52. The first kappa shape index (κ1) is 17.9. The zero-order chi connectivity index (χ0) is 19.1. The second-order valence-electron chi connectivity index (χ2n) is 8.41. The van der Waals surface area contributed by atoms with Gasteiger partial charge in [0.25, 0.3) is 0 Å². The van der Waals surface area contributed by atoms with Crippen molar-refractivity contribution in [1.29, 1.82) is 0 Å². The Balaban J connectivity index is 1.45. The highest BCUT2D eigenvalue weighted by molar-refractivity contribution is 5.82.